The van der Waals surface area contributed by atoms with E-state index < -0.39 is 0 Å². The Balaban J connectivity index is 1.66. The minimum Gasteiger partial charge on any atom is -0.392 e. The molecule has 2 bridgehead atoms. The van der Waals surface area contributed by atoms with Crippen LogP contribution in [0.4, 0.5) is 0 Å². The number of likely N-dealkylation sites (tertiary alicyclic amines) is 1. The average Bonchev–Trinajstić information content (AvgIpc) is 2.32. The van der Waals surface area contributed by atoms with Gasteiger partial charge in [-0.25, -0.2) is 0 Å². The molecule has 0 aromatic heterocycles. The third-order valence-electron chi connectivity index (χ3n) is 3.86. The van der Waals surface area contributed by atoms with Crippen molar-refractivity contribution in [1.82, 2.24) is 4.90 Å². The van der Waals surface area contributed by atoms with E-state index in [1.807, 2.05) is 11.8 Å². The van der Waals surface area contributed by atoms with Crippen LogP contribution in [-0.4, -0.2) is 40.7 Å². The van der Waals surface area contributed by atoms with Crippen LogP contribution in [0.3, 0.4) is 0 Å². The third kappa shape index (κ3) is 2.51. The van der Waals surface area contributed by atoms with Crippen molar-refractivity contribution in [2.75, 3.05) is 24.6 Å². The van der Waals surface area contributed by atoms with Crippen molar-refractivity contribution >= 4 is 11.8 Å². The highest BCUT2D eigenvalue weighted by Crippen LogP contribution is 2.33. The predicted octanol–water partition coefficient (Wildman–Crippen LogP) is 1.84. The first kappa shape index (κ1) is 11.6. The molecule has 92 valence electrons. The van der Waals surface area contributed by atoms with Crippen molar-refractivity contribution < 1.29 is 5.11 Å². The van der Waals surface area contributed by atoms with Gasteiger partial charge in [-0.05, 0) is 17.1 Å². The van der Waals surface area contributed by atoms with E-state index in [0.29, 0.717) is 11.8 Å². The van der Waals surface area contributed by atoms with Crippen molar-refractivity contribution in [3.8, 4) is 0 Å². The van der Waals surface area contributed by atoms with Crippen LogP contribution in [0.5, 0.6) is 0 Å². The van der Waals surface area contributed by atoms with Gasteiger partial charge in [-0.15, -0.1) is 0 Å². The summed E-state index contributed by atoms with van der Waals surface area (Å²) in [6.07, 6.45) is -0.0525. The molecule has 2 saturated heterocycles. The fourth-order valence-corrected chi connectivity index (χ4v) is 4.33. The van der Waals surface area contributed by atoms with Crippen LogP contribution in [0.2, 0.25) is 0 Å². The van der Waals surface area contributed by atoms with Gasteiger partial charge in [0.2, 0.25) is 0 Å². The highest BCUT2D eigenvalue weighted by molar-refractivity contribution is 7.99. The number of thioether (sulfide) groups is 1. The van der Waals surface area contributed by atoms with Crippen molar-refractivity contribution in [3.63, 3.8) is 0 Å². The summed E-state index contributed by atoms with van der Waals surface area (Å²) in [5.41, 5.74) is 1.38. The largest absolute Gasteiger partial charge is 0.392 e. The molecule has 3 rings (SSSR count). The van der Waals surface area contributed by atoms with Crippen LogP contribution in [0.25, 0.3) is 0 Å². The quantitative estimate of drug-likeness (QED) is 0.865. The number of aliphatic hydroxyl groups is 1. The van der Waals surface area contributed by atoms with Crippen molar-refractivity contribution in [2.24, 2.45) is 11.8 Å². The Labute approximate surface area is 107 Å². The summed E-state index contributed by atoms with van der Waals surface area (Å²) in [7, 11) is 0. The van der Waals surface area contributed by atoms with Gasteiger partial charge in [0.25, 0.3) is 0 Å². The van der Waals surface area contributed by atoms with Crippen LogP contribution in [0.15, 0.2) is 30.3 Å². The molecule has 1 aromatic carbocycles. The van der Waals surface area contributed by atoms with Gasteiger partial charge in [-0.2, -0.15) is 11.8 Å². The molecule has 0 aliphatic carbocycles. The Hall–Kier alpha value is -0.510. The van der Waals surface area contributed by atoms with Crippen molar-refractivity contribution in [2.45, 2.75) is 12.6 Å². The van der Waals surface area contributed by atoms with E-state index in [0.717, 1.165) is 31.1 Å². The van der Waals surface area contributed by atoms with E-state index >= 15 is 0 Å². The molecule has 2 aliphatic rings. The van der Waals surface area contributed by atoms with Crippen molar-refractivity contribution in [3.05, 3.63) is 35.9 Å². The summed E-state index contributed by atoms with van der Waals surface area (Å²) in [5, 5.41) is 10.1. The molecule has 0 spiro atoms. The normalized spacial score (nSPS) is 33.6. The minimum absolute atomic E-state index is 0.0525. The summed E-state index contributed by atoms with van der Waals surface area (Å²) < 4.78 is 0. The van der Waals surface area contributed by atoms with Crippen molar-refractivity contribution in [1.29, 1.82) is 0 Å². The molecule has 1 aromatic rings. The SMILES string of the molecule is OC1[C@H]2CSC[C@H]1CN(Cc1ccccc1)C2. The lowest BCUT2D eigenvalue weighted by Crippen LogP contribution is -2.52. The lowest BCUT2D eigenvalue weighted by Gasteiger charge is -2.44. The van der Waals surface area contributed by atoms with E-state index in [4.69, 9.17) is 0 Å². The molecule has 0 radical (unpaired) electrons. The summed E-state index contributed by atoms with van der Waals surface area (Å²) >= 11 is 2.01. The van der Waals surface area contributed by atoms with Crippen LogP contribution in [0, 0.1) is 11.8 Å². The molecule has 3 heteroatoms. The van der Waals surface area contributed by atoms with Gasteiger partial charge in [0.05, 0.1) is 6.10 Å². The molecule has 2 fully saturated rings. The maximum atomic E-state index is 10.1. The molecule has 2 aliphatic heterocycles. The Kier molecular flexibility index (Phi) is 3.41. The summed E-state index contributed by atoms with van der Waals surface area (Å²) in [5.74, 6) is 3.22. The van der Waals surface area contributed by atoms with Gasteiger partial charge < -0.3 is 5.11 Å². The van der Waals surface area contributed by atoms with Crippen LogP contribution in [-0.2, 0) is 6.54 Å². The Bertz CT molecular complexity index is 356. The second-order valence-corrected chi connectivity index (χ2v) is 6.30. The standard InChI is InChI=1S/C14H19NOS/c16-14-12-7-15(8-13(14)10-17-9-12)6-11-4-2-1-3-5-11/h1-5,12-14,16H,6-10H2/t12-,13-/m1/s1. The van der Waals surface area contributed by atoms with Crippen LogP contribution in [0.1, 0.15) is 5.56 Å². The molecule has 2 nitrogen and oxygen atoms in total. The lowest BCUT2D eigenvalue weighted by atomic mass is 9.87. The van der Waals surface area contributed by atoms with Crippen LogP contribution >= 0.6 is 11.8 Å². The molecule has 2 atom stereocenters. The number of aliphatic hydroxyl groups excluding tert-OH is 1. The Morgan fingerprint density at radius 2 is 1.76 bits per heavy atom. The zero-order chi connectivity index (χ0) is 11.7. The summed E-state index contributed by atoms with van der Waals surface area (Å²) in [6, 6.07) is 10.6. The van der Waals surface area contributed by atoms with E-state index in [9.17, 15) is 5.11 Å². The zero-order valence-corrected chi connectivity index (χ0v) is 10.8. The van der Waals surface area contributed by atoms with Gasteiger partial charge in [0.1, 0.15) is 0 Å². The number of nitrogens with zero attached hydrogens (tertiary/aromatic N) is 1. The minimum atomic E-state index is -0.0525. The number of piperidine rings is 1. The third-order valence-corrected chi connectivity index (χ3v) is 5.19. The number of benzene rings is 1. The van der Waals surface area contributed by atoms with E-state index in [1.54, 1.807) is 0 Å². The smallest absolute Gasteiger partial charge is 0.0636 e. The van der Waals surface area contributed by atoms with Gasteiger partial charge >= 0.3 is 0 Å². The highest BCUT2D eigenvalue weighted by atomic mass is 32.2. The molecule has 1 N–H and O–H groups in total. The molecule has 17 heavy (non-hydrogen) atoms. The van der Waals surface area contributed by atoms with Gasteiger partial charge in [0, 0.05) is 31.5 Å². The molecule has 0 unspecified atom stereocenters. The zero-order valence-electron chi connectivity index (χ0n) is 9.96. The first-order valence-electron chi connectivity index (χ1n) is 6.35. The molecule has 0 saturated carbocycles. The molecule has 2 heterocycles. The number of fused-ring (bicyclic) bond motifs is 2. The van der Waals surface area contributed by atoms with Gasteiger partial charge in [-0.1, -0.05) is 30.3 Å². The topological polar surface area (TPSA) is 23.5 Å². The monoisotopic (exact) mass is 249 g/mol. The summed E-state index contributed by atoms with van der Waals surface area (Å²) in [6.45, 7) is 3.14. The second kappa shape index (κ2) is 5.01. The van der Waals surface area contributed by atoms with Crippen LogP contribution < -0.4 is 0 Å². The van der Waals surface area contributed by atoms with E-state index in [1.165, 1.54) is 5.56 Å². The Morgan fingerprint density at radius 1 is 1.12 bits per heavy atom. The number of hydrogen-bond acceptors (Lipinski definition) is 3. The number of rotatable bonds is 2. The van der Waals surface area contributed by atoms with E-state index in [2.05, 4.69) is 35.2 Å². The predicted molar refractivity (Wildman–Crippen MR) is 72.0 cm³/mol. The Morgan fingerprint density at radius 3 is 2.41 bits per heavy atom. The lowest BCUT2D eigenvalue weighted by molar-refractivity contribution is -0.0111. The van der Waals surface area contributed by atoms with Gasteiger partial charge in [0.15, 0.2) is 0 Å². The molecule has 0 amide bonds. The second-order valence-electron chi connectivity index (χ2n) is 5.23. The number of hydrogen-bond donors (Lipinski definition) is 1. The average molecular weight is 249 g/mol. The molecular weight excluding hydrogens is 230 g/mol. The fraction of sp³-hybridized carbons (Fsp3) is 0.571. The maximum absolute atomic E-state index is 10.1. The van der Waals surface area contributed by atoms with Gasteiger partial charge in [-0.3, -0.25) is 4.90 Å². The first-order chi connectivity index (χ1) is 8.33. The van der Waals surface area contributed by atoms with E-state index in [-0.39, 0.29) is 6.10 Å². The molecular formula is C14H19NOS. The highest BCUT2D eigenvalue weighted by Gasteiger charge is 2.38. The fourth-order valence-electron chi connectivity index (χ4n) is 2.98. The summed E-state index contributed by atoms with van der Waals surface area (Å²) in [4.78, 5) is 2.51. The maximum Gasteiger partial charge on any atom is 0.0636 e. The first-order valence-corrected chi connectivity index (χ1v) is 7.50.